The lowest BCUT2D eigenvalue weighted by Crippen LogP contribution is -2.31. The zero-order chi connectivity index (χ0) is 23.9. The number of nitro groups is 1. The van der Waals surface area contributed by atoms with Crippen molar-refractivity contribution in [1.82, 2.24) is 4.31 Å². The number of hydrogen-bond acceptors (Lipinski definition) is 7. The Labute approximate surface area is 191 Å². The predicted molar refractivity (Wildman–Crippen MR) is 120 cm³/mol. The molecule has 2 aromatic carbocycles. The maximum atomic E-state index is 13.0. The van der Waals surface area contributed by atoms with Crippen LogP contribution in [0.15, 0.2) is 41.3 Å². The predicted octanol–water partition coefficient (Wildman–Crippen LogP) is 3.69. The second-order valence-electron chi connectivity index (χ2n) is 6.39. The van der Waals surface area contributed by atoms with Crippen LogP contribution in [0.3, 0.4) is 0 Å². The average Bonchev–Trinajstić information content (AvgIpc) is 2.74. The van der Waals surface area contributed by atoms with E-state index in [9.17, 15) is 23.3 Å². The smallest absolute Gasteiger partial charge is 0.271 e. The molecule has 0 atom stereocenters. The van der Waals surface area contributed by atoms with Gasteiger partial charge in [0.2, 0.25) is 10.0 Å². The molecule has 0 spiro atoms. The fourth-order valence-corrected chi connectivity index (χ4v) is 4.67. The molecule has 1 N–H and O–H groups in total. The molecule has 0 aliphatic rings. The van der Waals surface area contributed by atoms with E-state index < -0.39 is 27.5 Å². The van der Waals surface area contributed by atoms with Gasteiger partial charge in [0, 0.05) is 30.9 Å². The number of rotatable bonds is 11. The van der Waals surface area contributed by atoms with Crippen LogP contribution in [0.4, 0.5) is 11.4 Å². The number of ether oxygens (including phenoxy) is 2. The lowest BCUT2D eigenvalue weighted by atomic mass is 10.3. The second kappa shape index (κ2) is 11.1. The average molecular weight is 486 g/mol. The Morgan fingerprint density at radius 2 is 1.75 bits per heavy atom. The van der Waals surface area contributed by atoms with Crippen LogP contribution in [-0.4, -0.2) is 49.9 Å². The third-order valence-corrected chi connectivity index (χ3v) is 6.70. The number of nitro benzene ring substituents is 1. The minimum Gasteiger partial charge on any atom is -0.492 e. The molecule has 0 fully saturated rings. The maximum Gasteiger partial charge on any atom is 0.271 e. The minimum atomic E-state index is -3.83. The van der Waals surface area contributed by atoms with Gasteiger partial charge in [0.05, 0.1) is 16.6 Å². The van der Waals surface area contributed by atoms with Crippen LogP contribution in [0.2, 0.25) is 5.02 Å². The molecule has 10 nitrogen and oxygen atoms in total. The summed E-state index contributed by atoms with van der Waals surface area (Å²) in [6.45, 7) is 5.60. The highest BCUT2D eigenvalue weighted by Crippen LogP contribution is 2.31. The number of carbonyl (C=O) groups is 1. The minimum absolute atomic E-state index is 0.0133. The lowest BCUT2D eigenvalue weighted by molar-refractivity contribution is -0.384. The van der Waals surface area contributed by atoms with Gasteiger partial charge in [-0.2, -0.15) is 4.31 Å². The summed E-state index contributed by atoms with van der Waals surface area (Å²) in [6, 6.07) is 7.93. The molecule has 0 unspecified atom stereocenters. The lowest BCUT2D eigenvalue weighted by Gasteiger charge is -2.21. The quantitative estimate of drug-likeness (QED) is 0.379. The van der Waals surface area contributed by atoms with E-state index in [-0.39, 0.29) is 52.5 Å². The molecule has 0 bridgehead atoms. The normalized spacial score (nSPS) is 11.3. The van der Waals surface area contributed by atoms with Gasteiger partial charge in [-0.3, -0.25) is 14.9 Å². The van der Waals surface area contributed by atoms with Gasteiger partial charge >= 0.3 is 0 Å². The Bertz CT molecular complexity index is 1090. The zero-order valence-corrected chi connectivity index (χ0v) is 19.4. The standard InChI is InChI=1S/C20H24ClN3O7S/c1-4-23(5-2)32(28,29)19-11-14(7-9-18(19)30-6-3)22-20(25)13-31-17-10-8-15(24(26)27)12-16(17)21/h7-12H,4-6,13H2,1-3H3,(H,22,25). The molecular formula is C20H24ClN3O7S. The fourth-order valence-electron chi connectivity index (χ4n) is 2.83. The summed E-state index contributed by atoms with van der Waals surface area (Å²) in [4.78, 5) is 22.4. The van der Waals surface area contributed by atoms with Crippen LogP contribution in [0, 0.1) is 10.1 Å². The summed E-state index contributed by atoms with van der Waals surface area (Å²) in [6.07, 6.45) is 0. The van der Waals surface area contributed by atoms with Gasteiger partial charge in [0.15, 0.2) is 6.61 Å². The van der Waals surface area contributed by atoms with Crippen LogP contribution in [-0.2, 0) is 14.8 Å². The van der Waals surface area contributed by atoms with Crippen molar-refractivity contribution in [2.45, 2.75) is 25.7 Å². The molecular weight excluding hydrogens is 462 g/mol. The SMILES string of the molecule is CCOc1ccc(NC(=O)COc2ccc([N+](=O)[O-])cc2Cl)cc1S(=O)(=O)N(CC)CC. The van der Waals surface area contributed by atoms with E-state index in [1.165, 1.54) is 34.6 Å². The first kappa shape index (κ1) is 25.4. The number of hydrogen-bond donors (Lipinski definition) is 1. The number of carbonyl (C=O) groups excluding carboxylic acids is 1. The van der Waals surface area contributed by atoms with E-state index in [1.807, 2.05) is 0 Å². The highest BCUT2D eigenvalue weighted by molar-refractivity contribution is 7.89. The number of benzene rings is 2. The summed E-state index contributed by atoms with van der Waals surface area (Å²) in [5, 5.41) is 13.3. The molecule has 2 aromatic rings. The van der Waals surface area contributed by atoms with E-state index in [0.717, 1.165) is 6.07 Å². The van der Waals surface area contributed by atoms with Crippen LogP contribution >= 0.6 is 11.6 Å². The number of nitrogens with zero attached hydrogens (tertiary/aromatic N) is 2. The van der Waals surface area contributed by atoms with Crippen LogP contribution < -0.4 is 14.8 Å². The molecule has 2 rings (SSSR count). The molecule has 0 aliphatic heterocycles. The molecule has 0 radical (unpaired) electrons. The topological polar surface area (TPSA) is 128 Å². The summed E-state index contributed by atoms with van der Waals surface area (Å²) >= 11 is 5.95. The molecule has 0 aliphatic carbocycles. The van der Waals surface area contributed by atoms with E-state index in [1.54, 1.807) is 20.8 Å². The first-order chi connectivity index (χ1) is 15.1. The highest BCUT2D eigenvalue weighted by Gasteiger charge is 2.26. The van der Waals surface area contributed by atoms with Crippen molar-refractivity contribution in [3.63, 3.8) is 0 Å². The van der Waals surface area contributed by atoms with Crippen molar-refractivity contribution in [3.8, 4) is 11.5 Å². The molecule has 0 saturated heterocycles. The largest absolute Gasteiger partial charge is 0.492 e. The number of nitrogens with one attached hydrogen (secondary N) is 1. The summed E-state index contributed by atoms with van der Waals surface area (Å²) in [5.41, 5.74) is 0.0331. The zero-order valence-electron chi connectivity index (χ0n) is 17.8. The molecule has 0 saturated carbocycles. The molecule has 32 heavy (non-hydrogen) atoms. The van der Waals surface area contributed by atoms with E-state index in [4.69, 9.17) is 21.1 Å². The molecule has 1 amide bonds. The Hall–Kier alpha value is -2.89. The summed E-state index contributed by atoms with van der Waals surface area (Å²) in [5.74, 6) is -0.287. The van der Waals surface area contributed by atoms with Crippen molar-refractivity contribution in [3.05, 3.63) is 51.5 Å². The van der Waals surface area contributed by atoms with Crippen molar-refractivity contribution in [2.24, 2.45) is 0 Å². The van der Waals surface area contributed by atoms with E-state index in [0.29, 0.717) is 0 Å². The molecule has 0 heterocycles. The Balaban J connectivity index is 2.18. The number of non-ortho nitro benzene ring substituents is 1. The van der Waals surface area contributed by atoms with Gasteiger partial charge in [-0.05, 0) is 31.2 Å². The number of halogens is 1. The number of sulfonamides is 1. The molecule has 174 valence electrons. The number of anilines is 1. The monoisotopic (exact) mass is 485 g/mol. The van der Waals surface area contributed by atoms with Crippen molar-refractivity contribution < 1.29 is 27.6 Å². The third kappa shape index (κ3) is 6.09. The summed E-state index contributed by atoms with van der Waals surface area (Å²) < 4.78 is 38.1. The van der Waals surface area contributed by atoms with Gasteiger partial charge in [-0.1, -0.05) is 25.4 Å². The summed E-state index contributed by atoms with van der Waals surface area (Å²) in [7, 11) is -3.83. The Morgan fingerprint density at radius 1 is 1.09 bits per heavy atom. The van der Waals surface area contributed by atoms with E-state index in [2.05, 4.69) is 5.32 Å². The Morgan fingerprint density at radius 3 is 2.31 bits per heavy atom. The van der Waals surface area contributed by atoms with Crippen LogP contribution in [0.25, 0.3) is 0 Å². The van der Waals surface area contributed by atoms with Gasteiger partial charge in [-0.25, -0.2) is 8.42 Å². The van der Waals surface area contributed by atoms with Crippen LogP contribution in [0.5, 0.6) is 11.5 Å². The van der Waals surface area contributed by atoms with Crippen molar-refractivity contribution in [1.29, 1.82) is 0 Å². The second-order valence-corrected chi connectivity index (χ2v) is 8.71. The van der Waals surface area contributed by atoms with Gasteiger partial charge in [-0.15, -0.1) is 0 Å². The first-order valence-electron chi connectivity index (χ1n) is 9.77. The highest BCUT2D eigenvalue weighted by atomic mass is 35.5. The third-order valence-electron chi connectivity index (χ3n) is 4.34. The molecule has 0 aromatic heterocycles. The van der Waals surface area contributed by atoms with Gasteiger partial charge in [0.1, 0.15) is 16.4 Å². The van der Waals surface area contributed by atoms with Crippen LogP contribution in [0.1, 0.15) is 20.8 Å². The van der Waals surface area contributed by atoms with E-state index >= 15 is 0 Å². The number of amides is 1. The fraction of sp³-hybridized carbons (Fsp3) is 0.350. The van der Waals surface area contributed by atoms with Crippen molar-refractivity contribution in [2.75, 3.05) is 31.6 Å². The van der Waals surface area contributed by atoms with Crippen molar-refractivity contribution >= 4 is 38.9 Å². The van der Waals surface area contributed by atoms with Gasteiger partial charge < -0.3 is 14.8 Å². The van der Waals surface area contributed by atoms with Gasteiger partial charge in [0.25, 0.3) is 11.6 Å². The molecule has 12 heteroatoms. The first-order valence-corrected chi connectivity index (χ1v) is 11.6. The Kier molecular flexibility index (Phi) is 8.81. The maximum absolute atomic E-state index is 13.0.